The predicted molar refractivity (Wildman–Crippen MR) is 79.2 cm³/mol. The normalized spacial score (nSPS) is 10.0. The third kappa shape index (κ3) is 7.47. The van der Waals surface area contributed by atoms with Gasteiger partial charge >= 0.3 is 40.0 Å². The zero-order chi connectivity index (χ0) is 13.6. The molecule has 0 bridgehead atoms. The second-order valence-electron chi connectivity index (χ2n) is 3.58. The first-order valence-electron chi connectivity index (χ1n) is 5.19. The summed E-state index contributed by atoms with van der Waals surface area (Å²) in [5.74, 6) is 0. The molecule has 0 atom stereocenters. The van der Waals surface area contributed by atoms with E-state index in [0.29, 0.717) is 0 Å². The molecule has 2 aromatic carbocycles. The Morgan fingerprint density at radius 2 is 1.58 bits per heavy atom. The molecule has 0 unspecified atom stereocenters. The standard InChI is InChI=1S/C13H12.Na.H2O4S.H/c1-2-6-11-8-5-9-12-7-3-4-10-13(11)12;;1-5(2,3)4;/h2-5,7-10H,1,6H2;;(H2,1,2,3,4);. The van der Waals surface area contributed by atoms with E-state index in [1.54, 1.807) is 0 Å². The van der Waals surface area contributed by atoms with E-state index in [9.17, 15) is 0 Å². The number of benzene rings is 2. The Morgan fingerprint density at radius 3 is 2.16 bits per heavy atom. The number of hydrogen-bond donors (Lipinski definition) is 2. The quantitative estimate of drug-likeness (QED) is 0.505. The van der Waals surface area contributed by atoms with Crippen molar-refractivity contribution in [3.63, 3.8) is 0 Å². The van der Waals surface area contributed by atoms with Gasteiger partial charge < -0.3 is 0 Å². The van der Waals surface area contributed by atoms with Crippen LogP contribution < -0.4 is 0 Å². The molecule has 0 heterocycles. The number of hydrogen-bond acceptors (Lipinski definition) is 2. The van der Waals surface area contributed by atoms with E-state index in [-0.39, 0.29) is 29.6 Å². The van der Waals surface area contributed by atoms with Gasteiger partial charge in [-0.15, -0.1) is 6.58 Å². The van der Waals surface area contributed by atoms with Crippen molar-refractivity contribution in [1.82, 2.24) is 0 Å². The van der Waals surface area contributed by atoms with Crippen LogP contribution in [-0.4, -0.2) is 47.1 Å². The van der Waals surface area contributed by atoms with Gasteiger partial charge in [0.2, 0.25) is 0 Å². The predicted octanol–water partition coefficient (Wildman–Crippen LogP) is 2.27. The zero-order valence-corrected chi connectivity index (χ0v) is 10.5. The molecule has 0 aliphatic heterocycles. The van der Waals surface area contributed by atoms with E-state index >= 15 is 0 Å². The fourth-order valence-electron chi connectivity index (χ4n) is 1.63. The van der Waals surface area contributed by atoms with Gasteiger partial charge in [-0.3, -0.25) is 9.11 Å². The third-order valence-corrected chi connectivity index (χ3v) is 2.24. The molecule has 0 saturated carbocycles. The minimum atomic E-state index is -4.67. The molecule has 6 heteroatoms. The van der Waals surface area contributed by atoms with Gasteiger partial charge in [0.15, 0.2) is 0 Å². The molecule has 0 spiro atoms. The van der Waals surface area contributed by atoms with E-state index in [1.807, 2.05) is 6.08 Å². The first-order chi connectivity index (χ1) is 8.42. The van der Waals surface area contributed by atoms with Gasteiger partial charge in [0.1, 0.15) is 0 Å². The van der Waals surface area contributed by atoms with Gasteiger partial charge in [0.05, 0.1) is 0 Å². The minimum absolute atomic E-state index is 0. The summed E-state index contributed by atoms with van der Waals surface area (Å²) in [4.78, 5) is 0. The second-order valence-corrected chi connectivity index (χ2v) is 4.47. The Kier molecular flexibility index (Phi) is 8.17. The van der Waals surface area contributed by atoms with Crippen LogP contribution in [0.2, 0.25) is 0 Å². The summed E-state index contributed by atoms with van der Waals surface area (Å²) in [7, 11) is -4.67. The molecule has 0 aromatic heterocycles. The van der Waals surface area contributed by atoms with Crippen molar-refractivity contribution in [3.8, 4) is 0 Å². The SMILES string of the molecule is C=CCc1cccc2ccccc12.O=S(=O)(O)O.[NaH]. The fourth-order valence-corrected chi connectivity index (χ4v) is 1.63. The van der Waals surface area contributed by atoms with Crippen LogP contribution >= 0.6 is 0 Å². The Bertz CT molecular complexity index is 625. The summed E-state index contributed by atoms with van der Waals surface area (Å²) in [5, 5.41) is 2.65. The molecule has 2 rings (SSSR count). The molecule has 98 valence electrons. The summed E-state index contributed by atoms with van der Waals surface area (Å²) in [6.07, 6.45) is 2.89. The van der Waals surface area contributed by atoms with Crippen LogP contribution in [0.3, 0.4) is 0 Å². The molecule has 0 aliphatic carbocycles. The average Bonchev–Trinajstić information content (AvgIpc) is 2.28. The van der Waals surface area contributed by atoms with Gasteiger partial charge in [-0.25, -0.2) is 0 Å². The van der Waals surface area contributed by atoms with Crippen LogP contribution in [0, 0.1) is 0 Å². The Morgan fingerprint density at radius 1 is 1.05 bits per heavy atom. The van der Waals surface area contributed by atoms with E-state index < -0.39 is 10.4 Å². The Balaban J connectivity index is 0.000000471. The van der Waals surface area contributed by atoms with E-state index in [2.05, 4.69) is 49.0 Å². The maximum atomic E-state index is 8.74. The molecule has 0 saturated heterocycles. The summed E-state index contributed by atoms with van der Waals surface area (Å²) >= 11 is 0. The molecule has 0 aliphatic rings. The topological polar surface area (TPSA) is 74.6 Å². The molecule has 0 radical (unpaired) electrons. The van der Waals surface area contributed by atoms with Crippen LogP contribution in [0.1, 0.15) is 5.56 Å². The molecule has 0 amide bonds. The van der Waals surface area contributed by atoms with Gasteiger partial charge in [0.25, 0.3) is 0 Å². The van der Waals surface area contributed by atoms with Crippen LogP contribution in [0.15, 0.2) is 55.1 Å². The summed E-state index contributed by atoms with van der Waals surface area (Å²) < 4.78 is 31.6. The van der Waals surface area contributed by atoms with E-state index in [0.717, 1.165) is 6.42 Å². The first kappa shape index (κ1) is 18.3. The molecule has 0 fully saturated rings. The van der Waals surface area contributed by atoms with Crippen molar-refractivity contribution in [2.24, 2.45) is 0 Å². The molecule has 4 nitrogen and oxygen atoms in total. The average molecular weight is 290 g/mol. The van der Waals surface area contributed by atoms with Gasteiger partial charge in [-0.2, -0.15) is 8.42 Å². The van der Waals surface area contributed by atoms with Crippen molar-refractivity contribution < 1.29 is 17.5 Å². The number of rotatable bonds is 2. The van der Waals surface area contributed by atoms with Crippen molar-refractivity contribution in [2.45, 2.75) is 6.42 Å². The number of fused-ring (bicyclic) bond motifs is 1. The van der Waals surface area contributed by atoms with Crippen molar-refractivity contribution >= 4 is 50.7 Å². The van der Waals surface area contributed by atoms with Gasteiger partial charge in [-0.1, -0.05) is 48.5 Å². The van der Waals surface area contributed by atoms with Gasteiger partial charge in [-0.05, 0) is 22.8 Å². The van der Waals surface area contributed by atoms with Crippen LogP contribution in [0.25, 0.3) is 10.8 Å². The van der Waals surface area contributed by atoms with Crippen molar-refractivity contribution in [1.29, 1.82) is 0 Å². The van der Waals surface area contributed by atoms with Crippen molar-refractivity contribution in [2.75, 3.05) is 0 Å². The summed E-state index contributed by atoms with van der Waals surface area (Å²) in [5.41, 5.74) is 1.35. The Hall–Kier alpha value is -0.690. The first-order valence-corrected chi connectivity index (χ1v) is 6.59. The van der Waals surface area contributed by atoms with Crippen molar-refractivity contribution in [3.05, 3.63) is 60.7 Å². The second kappa shape index (κ2) is 8.47. The van der Waals surface area contributed by atoms with Crippen LogP contribution in [0.5, 0.6) is 0 Å². The molecule has 2 N–H and O–H groups in total. The molecular weight excluding hydrogens is 275 g/mol. The molecule has 2 aromatic rings. The summed E-state index contributed by atoms with van der Waals surface area (Å²) in [6, 6.07) is 14.8. The monoisotopic (exact) mass is 290 g/mol. The molecule has 19 heavy (non-hydrogen) atoms. The fraction of sp³-hybridized carbons (Fsp3) is 0.0769. The van der Waals surface area contributed by atoms with E-state index in [1.165, 1.54) is 16.3 Å². The Labute approximate surface area is 135 Å². The van der Waals surface area contributed by atoms with Gasteiger partial charge in [0, 0.05) is 0 Å². The maximum absolute atomic E-state index is 8.74. The summed E-state index contributed by atoms with van der Waals surface area (Å²) in [6.45, 7) is 3.76. The van der Waals surface area contributed by atoms with Crippen LogP contribution in [-0.2, 0) is 16.8 Å². The van der Waals surface area contributed by atoms with E-state index in [4.69, 9.17) is 17.5 Å². The molecular formula is C13H15NaO4S. The zero-order valence-electron chi connectivity index (χ0n) is 9.65. The van der Waals surface area contributed by atoms with Crippen LogP contribution in [0.4, 0.5) is 0 Å². The number of allylic oxidation sites excluding steroid dienone is 1. The third-order valence-electron chi connectivity index (χ3n) is 2.24.